The van der Waals surface area contributed by atoms with Gasteiger partial charge in [0.2, 0.25) is 5.91 Å². The van der Waals surface area contributed by atoms with Gasteiger partial charge in [0, 0.05) is 32.4 Å². The molecule has 0 aliphatic carbocycles. The van der Waals surface area contributed by atoms with Gasteiger partial charge in [-0.15, -0.1) is 24.8 Å². The third-order valence-corrected chi connectivity index (χ3v) is 7.59. The van der Waals surface area contributed by atoms with Crippen molar-refractivity contribution < 1.29 is 17.9 Å². The van der Waals surface area contributed by atoms with E-state index in [-0.39, 0.29) is 30.7 Å². The van der Waals surface area contributed by atoms with Gasteiger partial charge in [-0.25, -0.2) is 8.42 Å². The average molecular weight is 468 g/mol. The van der Waals surface area contributed by atoms with Crippen LogP contribution in [0, 0.1) is 0 Å². The zero-order valence-corrected chi connectivity index (χ0v) is 19.4. The Morgan fingerprint density at radius 2 is 1.69 bits per heavy atom. The second kappa shape index (κ2) is 10.7. The minimum Gasteiger partial charge on any atom is -0.492 e. The van der Waals surface area contributed by atoms with Crippen LogP contribution in [0.4, 0.5) is 5.69 Å². The minimum atomic E-state index is -3.48. The number of hydrogen-bond donors (Lipinski definition) is 1. The molecule has 166 valence electrons. The summed E-state index contributed by atoms with van der Waals surface area (Å²) in [6.45, 7) is 6.02. The number of hydrogen-bond acceptors (Lipinski definition) is 6. The predicted molar refractivity (Wildman–Crippen MR) is 121 cm³/mol. The normalized spacial score (nSPS) is 19.0. The molecule has 0 radical (unpaired) electrons. The van der Waals surface area contributed by atoms with E-state index >= 15 is 0 Å². The molecular weight excluding hydrogens is 437 g/mol. The fourth-order valence-electron chi connectivity index (χ4n) is 4.01. The van der Waals surface area contributed by atoms with Gasteiger partial charge in [-0.3, -0.25) is 4.79 Å². The van der Waals surface area contributed by atoms with Crippen LogP contribution in [0.25, 0.3) is 0 Å². The zero-order valence-electron chi connectivity index (χ0n) is 16.9. The number of ether oxygens (including phenoxy) is 1. The second-order valence-corrected chi connectivity index (χ2v) is 9.52. The van der Waals surface area contributed by atoms with Crippen molar-refractivity contribution in [3.63, 3.8) is 0 Å². The first kappa shape index (κ1) is 25.8. The van der Waals surface area contributed by atoms with Gasteiger partial charge in [0.25, 0.3) is 0 Å². The fraction of sp³-hybridized carbons (Fsp3) is 0.632. The molecule has 2 heterocycles. The number of amides is 1. The van der Waals surface area contributed by atoms with Crippen molar-refractivity contribution in [2.45, 2.75) is 24.5 Å². The number of anilines is 1. The maximum absolute atomic E-state index is 13.2. The van der Waals surface area contributed by atoms with E-state index in [9.17, 15) is 13.2 Å². The summed E-state index contributed by atoms with van der Waals surface area (Å²) < 4.78 is 29.4. The summed E-state index contributed by atoms with van der Waals surface area (Å²) in [4.78, 5) is 17.1. The Bertz CT molecular complexity index is 777. The Morgan fingerprint density at radius 3 is 2.24 bits per heavy atom. The molecule has 2 aliphatic heterocycles. The number of para-hydroxylation sites is 2. The van der Waals surface area contributed by atoms with Crippen molar-refractivity contribution in [1.29, 1.82) is 0 Å². The lowest BCUT2D eigenvalue weighted by Gasteiger charge is -2.42. The Hall–Kier alpha value is -1.22. The van der Waals surface area contributed by atoms with Gasteiger partial charge < -0.3 is 19.9 Å². The van der Waals surface area contributed by atoms with Crippen LogP contribution in [-0.4, -0.2) is 76.1 Å². The highest BCUT2D eigenvalue weighted by Crippen LogP contribution is 2.32. The first-order valence-electron chi connectivity index (χ1n) is 9.55. The third kappa shape index (κ3) is 5.29. The highest BCUT2D eigenvalue weighted by Gasteiger charge is 2.50. The van der Waals surface area contributed by atoms with Crippen molar-refractivity contribution in [2.75, 3.05) is 57.0 Å². The lowest BCUT2D eigenvalue weighted by atomic mass is 9.94. The highest BCUT2D eigenvalue weighted by atomic mass is 35.5. The smallest absolute Gasteiger partial charge is 0.244 e. The number of carbonyl (C=O) groups is 1. The van der Waals surface area contributed by atoms with Crippen LogP contribution in [-0.2, 0) is 14.6 Å². The van der Waals surface area contributed by atoms with Crippen molar-refractivity contribution in [3.05, 3.63) is 24.3 Å². The number of nitrogens with zero attached hydrogens (tertiary/aromatic N) is 2. The molecule has 1 N–H and O–H groups in total. The van der Waals surface area contributed by atoms with E-state index in [0.717, 1.165) is 11.4 Å². The molecule has 0 bridgehead atoms. The van der Waals surface area contributed by atoms with E-state index in [4.69, 9.17) is 4.74 Å². The number of sulfone groups is 1. The molecule has 0 atom stereocenters. The average Bonchev–Trinajstić information content (AvgIpc) is 2.68. The van der Waals surface area contributed by atoms with Gasteiger partial charge in [-0.05, 0) is 45.0 Å². The molecule has 2 fully saturated rings. The fourth-order valence-corrected chi connectivity index (χ4v) is 5.40. The lowest BCUT2D eigenvalue weighted by molar-refractivity contribution is -0.135. The summed E-state index contributed by atoms with van der Waals surface area (Å²) in [7, 11) is -3.48. The van der Waals surface area contributed by atoms with Gasteiger partial charge in [-0.2, -0.15) is 0 Å². The first-order valence-corrected chi connectivity index (χ1v) is 11.4. The van der Waals surface area contributed by atoms with E-state index in [1.165, 1.54) is 6.26 Å². The van der Waals surface area contributed by atoms with Crippen molar-refractivity contribution in [3.8, 4) is 5.75 Å². The molecule has 3 rings (SSSR count). The Morgan fingerprint density at radius 1 is 1.10 bits per heavy atom. The monoisotopic (exact) mass is 467 g/mol. The summed E-state index contributed by atoms with van der Waals surface area (Å²) >= 11 is 0. The maximum atomic E-state index is 13.2. The third-order valence-electron chi connectivity index (χ3n) is 5.58. The van der Waals surface area contributed by atoms with E-state index in [0.29, 0.717) is 58.7 Å². The van der Waals surface area contributed by atoms with Crippen molar-refractivity contribution >= 4 is 46.2 Å². The number of halogens is 2. The van der Waals surface area contributed by atoms with Crippen LogP contribution < -0.4 is 15.0 Å². The molecule has 0 unspecified atom stereocenters. The number of carbonyl (C=O) groups excluding carboxylic acids is 1. The molecule has 1 amide bonds. The maximum Gasteiger partial charge on any atom is 0.244 e. The Balaban J connectivity index is 0.00000210. The van der Waals surface area contributed by atoms with Gasteiger partial charge in [0.05, 0.1) is 12.3 Å². The van der Waals surface area contributed by atoms with Gasteiger partial charge in [-0.1, -0.05) is 12.1 Å². The van der Waals surface area contributed by atoms with Crippen molar-refractivity contribution in [2.24, 2.45) is 0 Å². The predicted octanol–water partition coefficient (Wildman–Crippen LogP) is 1.74. The molecule has 0 saturated carbocycles. The molecule has 2 aliphatic rings. The van der Waals surface area contributed by atoms with Crippen LogP contribution in [0.1, 0.15) is 19.8 Å². The molecule has 7 nitrogen and oxygen atoms in total. The number of rotatable bonds is 5. The van der Waals surface area contributed by atoms with E-state index < -0.39 is 14.6 Å². The number of nitrogens with one attached hydrogen (secondary N) is 1. The largest absolute Gasteiger partial charge is 0.492 e. The first-order chi connectivity index (χ1) is 12.9. The number of piperidine rings is 1. The van der Waals surface area contributed by atoms with Gasteiger partial charge >= 0.3 is 0 Å². The van der Waals surface area contributed by atoms with E-state index in [1.54, 1.807) is 4.90 Å². The number of piperazine rings is 1. The van der Waals surface area contributed by atoms with Gasteiger partial charge in [0.1, 0.15) is 5.75 Å². The topological polar surface area (TPSA) is 79.0 Å². The summed E-state index contributed by atoms with van der Waals surface area (Å²) in [5.41, 5.74) is 1.02. The highest BCUT2D eigenvalue weighted by molar-refractivity contribution is 7.92. The van der Waals surface area contributed by atoms with Gasteiger partial charge in [0.15, 0.2) is 14.6 Å². The van der Waals surface area contributed by atoms with Crippen LogP contribution >= 0.6 is 24.8 Å². The van der Waals surface area contributed by atoms with Crippen LogP contribution in [0.2, 0.25) is 0 Å². The molecule has 0 spiro atoms. The molecule has 10 heteroatoms. The summed E-state index contributed by atoms with van der Waals surface area (Å²) in [5.74, 6) is 0.606. The van der Waals surface area contributed by atoms with Crippen molar-refractivity contribution in [1.82, 2.24) is 10.2 Å². The summed E-state index contributed by atoms with van der Waals surface area (Å²) in [5, 5.41) is 3.16. The zero-order chi connectivity index (χ0) is 19.5. The van der Waals surface area contributed by atoms with Crippen LogP contribution in [0.5, 0.6) is 5.75 Å². The molecule has 0 aromatic heterocycles. The minimum absolute atomic E-state index is 0. The van der Waals surface area contributed by atoms with E-state index in [1.807, 2.05) is 31.2 Å². The summed E-state index contributed by atoms with van der Waals surface area (Å²) in [6, 6.07) is 7.89. The molecular formula is C19H31Cl2N3O4S. The summed E-state index contributed by atoms with van der Waals surface area (Å²) in [6.07, 6.45) is 1.89. The lowest BCUT2D eigenvalue weighted by Crippen LogP contribution is -2.61. The standard InChI is InChI=1S/C19H29N3O4S.2ClH/c1-3-26-17-7-5-4-6-16(17)21-12-14-22(15-13-21)18(23)19(27(2,24)25)8-10-20-11-9-19;;/h4-7,20H,3,8-15H2,1-2H3;2*1H. The quantitative estimate of drug-likeness (QED) is 0.710. The Kier molecular flexibility index (Phi) is 9.53. The molecule has 29 heavy (non-hydrogen) atoms. The number of benzene rings is 1. The second-order valence-electron chi connectivity index (χ2n) is 7.20. The molecule has 1 aromatic rings. The van der Waals surface area contributed by atoms with Crippen LogP contribution in [0.15, 0.2) is 24.3 Å². The SMILES string of the molecule is CCOc1ccccc1N1CCN(C(=O)C2(S(C)(=O)=O)CCNCC2)CC1.Cl.Cl. The Labute approximate surface area is 185 Å². The molecule has 1 aromatic carbocycles. The molecule has 2 saturated heterocycles. The van der Waals surface area contributed by atoms with E-state index in [2.05, 4.69) is 10.2 Å². The van der Waals surface area contributed by atoms with Crippen LogP contribution in [0.3, 0.4) is 0 Å².